The van der Waals surface area contributed by atoms with Gasteiger partial charge in [-0.3, -0.25) is 4.57 Å². The van der Waals surface area contributed by atoms with E-state index in [9.17, 15) is 9.59 Å². The second-order valence-corrected chi connectivity index (χ2v) is 8.31. The molecule has 4 rings (SSSR count). The van der Waals surface area contributed by atoms with Gasteiger partial charge in [-0.25, -0.2) is 9.59 Å². The number of methoxy groups -OCH3 is 2. The standard InChI is InChI=1S/C26H27N3O6/c1-14-10-17(12-20(23(14)32-5)25(30)33-6)19(8-7-9-22-28-27-16(3)34-22)18-11-15(2)24-21(13-18)29(4)26(31)35-24/h8,10-13H,7,9H2,1-6H3/b19-8-. The number of aromatic nitrogens is 3. The molecule has 0 aliphatic carbocycles. The van der Waals surface area contributed by atoms with Crippen molar-refractivity contribution >= 4 is 22.6 Å². The van der Waals surface area contributed by atoms with Gasteiger partial charge in [0, 0.05) is 20.4 Å². The van der Waals surface area contributed by atoms with Crippen LogP contribution in [0.5, 0.6) is 5.75 Å². The number of oxazole rings is 1. The summed E-state index contributed by atoms with van der Waals surface area (Å²) in [6, 6.07) is 7.59. The van der Waals surface area contributed by atoms with Crippen LogP contribution in [0.1, 0.15) is 50.8 Å². The van der Waals surface area contributed by atoms with Crippen molar-refractivity contribution in [2.75, 3.05) is 14.2 Å². The Balaban J connectivity index is 1.89. The summed E-state index contributed by atoms with van der Waals surface area (Å²) in [6.07, 6.45) is 3.21. The van der Waals surface area contributed by atoms with Gasteiger partial charge in [0.15, 0.2) is 5.58 Å². The molecule has 9 heteroatoms. The lowest BCUT2D eigenvalue weighted by Crippen LogP contribution is -2.08. The summed E-state index contributed by atoms with van der Waals surface area (Å²) in [5.41, 5.74) is 5.72. The predicted molar refractivity (Wildman–Crippen MR) is 130 cm³/mol. The lowest BCUT2D eigenvalue weighted by Gasteiger charge is -2.16. The first-order valence-corrected chi connectivity index (χ1v) is 11.1. The van der Waals surface area contributed by atoms with Crippen LogP contribution in [0.15, 0.2) is 44.0 Å². The molecule has 0 fully saturated rings. The Bertz CT molecular complexity index is 1510. The molecule has 0 amide bonds. The van der Waals surface area contributed by atoms with Gasteiger partial charge in [0.1, 0.15) is 11.3 Å². The van der Waals surface area contributed by atoms with Gasteiger partial charge in [-0.15, -0.1) is 10.2 Å². The molecular formula is C26H27N3O6. The highest BCUT2D eigenvalue weighted by Crippen LogP contribution is 2.34. The van der Waals surface area contributed by atoms with Gasteiger partial charge in [-0.05, 0) is 72.4 Å². The zero-order valence-corrected chi connectivity index (χ0v) is 20.6. The van der Waals surface area contributed by atoms with Gasteiger partial charge < -0.3 is 18.3 Å². The molecular weight excluding hydrogens is 450 g/mol. The van der Waals surface area contributed by atoms with Crippen LogP contribution in [0.25, 0.3) is 16.7 Å². The number of allylic oxidation sites excluding steroid dienone is 1. The average Bonchev–Trinajstić information content (AvgIpc) is 3.38. The van der Waals surface area contributed by atoms with Crippen molar-refractivity contribution < 1.29 is 23.1 Å². The maximum atomic E-state index is 12.5. The number of carbonyl (C=O) groups is 1. The van der Waals surface area contributed by atoms with Crippen LogP contribution in [0, 0.1) is 20.8 Å². The molecule has 0 radical (unpaired) electrons. The molecule has 2 aromatic carbocycles. The monoisotopic (exact) mass is 477 g/mol. The molecule has 0 N–H and O–H groups in total. The van der Waals surface area contributed by atoms with Crippen molar-refractivity contribution in [1.29, 1.82) is 0 Å². The molecule has 0 aliphatic rings. The Morgan fingerprint density at radius 3 is 2.40 bits per heavy atom. The SMILES string of the molecule is COC(=O)c1cc(/C(=C/CCc2nnc(C)o2)c2cc(C)c3oc(=O)n(C)c3c2)cc(C)c1OC. The van der Waals surface area contributed by atoms with Gasteiger partial charge in [-0.1, -0.05) is 6.08 Å². The van der Waals surface area contributed by atoms with Gasteiger partial charge in [0.25, 0.3) is 0 Å². The number of ether oxygens (including phenoxy) is 2. The van der Waals surface area contributed by atoms with E-state index in [0.717, 1.165) is 27.8 Å². The van der Waals surface area contributed by atoms with Gasteiger partial charge >= 0.3 is 11.7 Å². The number of hydrogen-bond donors (Lipinski definition) is 0. The summed E-state index contributed by atoms with van der Waals surface area (Å²) in [4.78, 5) is 24.7. The molecule has 9 nitrogen and oxygen atoms in total. The van der Waals surface area contributed by atoms with Gasteiger partial charge in [-0.2, -0.15) is 0 Å². The molecule has 4 aromatic rings. The lowest BCUT2D eigenvalue weighted by molar-refractivity contribution is 0.0597. The molecule has 0 saturated heterocycles. The Morgan fingerprint density at radius 2 is 1.74 bits per heavy atom. The largest absolute Gasteiger partial charge is 0.496 e. The second kappa shape index (κ2) is 9.61. The number of fused-ring (bicyclic) bond motifs is 1. The van der Waals surface area contributed by atoms with Crippen LogP contribution in [0.3, 0.4) is 0 Å². The van der Waals surface area contributed by atoms with E-state index in [4.69, 9.17) is 18.3 Å². The Labute approximate surface area is 202 Å². The minimum Gasteiger partial charge on any atom is -0.496 e. The highest BCUT2D eigenvalue weighted by Gasteiger charge is 2.20. The Morgan fingerprint density at radius 1 is 1.03 bits per heavy atom. The normalized spacial score (nSPS) is 11.8. The van der Waals surface area contributed by atoms with E-state index >= 15 is 0 Å². The summed E-state index contributed by atoms with van der Waals surface area (Å²) in [5.74, 6) is 0.607. The van der Waals surface area contributed by atoms with Crippen LogP contribution >= 0.6 is 0 Å². The number of aryl methyl sites for hydroxylation is 5. The van der Waals surface area contributed by atoms with E-state index in [2.05, 4.69) is 16.3 Å². The first-order valence-electron chi connectivity index (χ1n) is 11.1. The molecule has 0 saturated carbocycles. The van der Waals surface area contributed by atoms with Crippen molar-refractivity contribution in [1.82, 2.24) is 14.8 Å². The van der Waals surface area contributed by atoms with Crippen LogP contribution < -0.4 is 10.5 Å². The summed E-state index contributed by atoms with van der Waals surface area (Å²) in [6.45, 7) is 5.52. The van der Waals surface area contributed by atoms with Crippen LogP contribution in [-0.2, 0) is 18.2 Å². The second-order valence-electron chi connectivity index (χ2n) is 8.31. The summed E-state index contributed by atoms with van der Waals surface area (Å²) in [5, 5.41) is 7.95. The summed E-state index contributed by atoms with van der Waals surface area (Å²) >= 11 is 0. The summed E-state index contributed by atoms with van der Waals surface area (Å²) < 4.78 is 22.9. The molecule has 2 aromatic heterocycles. The first kappa shape index (κ1) is 24.0. The third-order valence-corrected chi connectivity index (χ3v) is 5.86. The molecule has 2 heterocycles. The number of hydrogen-bond acceptors (Lipinski definition) is 8. The summed E-state index contributed by atoms with van der Waals surface area (Å²) in [7, 11) is 4.53. The van der Waals surface area contributed by atoms with E-state index in [1.807, 2.05) is 32.0 Å². The molecule has 0 spiro atoms. The van der Waals surface area contributed by atoms with E-state index in [0.29, 0.717) is 47.0 Å². The zero-order chi connectivity index (χ0) is 25.3. The third-order valence-electron chi connectivity index (χ3n) is 5.86. The Kier molecular flexibility index (Phi) is 6.59. The number of benzene rings is 2. The molecule has 0 unspecified atom stereocenters. The van der Waals surface area contributed by atoms with Crippen molar-refractivity contribution in [2.45, 2.75) is 33.6 Å². The fourth-order valence-corrected chi connectivity index (χ4v) is 4.19. The maximum absolute atomic E-state index is 12.5. The zero-order valence-electron chi connectivity index (χ0n) is 20.6. The van der Waals surface area contributed by atoms with E-state index < -0.39 is 11.7 Å². The smallest absolute Gasteiger partial charge is 0.419 e. The van der Waals surface area contributed by atoms with Gasteiger partial charge in [0.2, 0.25) is 11.8 Å². The van der Waals surface area contributed by atoms with Crippen LogP contribution in [0.2, 0.25) is 0 Å². The minimum atomic E-state index is -0.489. The van der Waals surface area contributed by atoms with Crippen molar-refractivity contribution in [3.63, 3.8) is 0 Å². The van der Waals surface area contributed by atoms with E-state index in [1.54, 1.807) is 20.0 Å². The fraction of sp³-hybridized carbons (Fsp3) is 0.308. The fourth-order valence-electron chi connectivity index (χ4n) is 4.19. The van der Waals surface area contributed by atoms with Crippen molar-refractivity contribution in [3.05, 3.63) is 80.5 Å². The molecule has 0 bridgehead atoms. The quantitative estimate of drug-likeness (QED) is 0.363. The maximum Gasteiger partial charge on any atom is 0.419 e. The minimum absolute atomic E-state index is 0.330. The molecule has 0 atom stereocenters. The van der Waals surface area contributed by atoms with Gasteiger partial charge in [0.05, 0.1) is 19.7 Å². The van der Waals surface area contributed by atoms with Crippen molar-refractivity contribution in [2.24, 2.45) is 7.05 Å². The van der Waals surface area contributed by atoms with Crippen molar-refractivity contribution in [3.8, 4) is 5.75 Å². The topological polar surface area (TPSA) is 110 Å². The highest BCUT2D eigenvalue weighted by atomic mass is 16.5. The lowest BCUT2D eigenvalue weighted by atomic mass is 9.92. The van der Waals surface area contributed by atoms with Crippen LogP contribution in [-0.4, -0.2) is 35.0 Å². The molecule has 182 valence electrons. The highest BCUT2D eigenvalue weighted by molar-refractivity contribution is 5.96. The van der Waals surface area contributed by atoms with E-state index in [1.165, 1.54) is 18.8 Å². The first-order chi connectivity index (χ1) is 16.7. The molecule has 0 aliphatic heterocycles. The molecule has 35 heavy (non-hydrogen) atoms. The average molecular weight is 478 g/mol. The number of esters is 1. The number of nitrogens with zero attached hydrogens (tertiary/aromatic N) is 3. The predicted octanol–water partition coefficient (Wildman–Crippen LogP) is 4.30. The third kappa shape index (κ3) is 4.62. The van der Waals surface area contributed by atoms with E-state index in [-0.39, 0.29) is 0 Å². The van der Waals surface area contributed by atoms with Crippen LogP contribution in [0.4, 0.5) is 0 Å². The number of carbonyl (C=O) groups excluding carboxylic acids is 1. The Hall–Kier alpha value is -4.14. The number of rotatable bonds is 7.